The second kappa shape index (κ2) is 4.31. The third kappa shape index (κ3) is 2.11. The maximum absolute atomic E-state index is 5.78. The predicted octanol–water partition coefficient (Wildman–Crippen LogP) is 3.53. The number of thiophene rings is 1. The molecule has 1 nitrogen and oxygen atoms in total. The zero-order chi connectivity index (χ0) is 8.97. The van der Waals surface area contributed by atoms with Crippen LogP contribution >= 0.6 is 11.3 Å². The highest BCUT2D eigenvalue weighted by molar-refractivity contribution is 7.11. The van der Waals surface area contributed by atoms with Gasteiger partial charge in [-0.25, -0.2) is 0 Å². The van der Waals surface area contributed by atoms with E-state index in [2.05, 4.69) is 19.9 Å². The highest BCUT2D eigenvalue weighted by Gasteiger charge is 2.00. The van der Waals surface area contributed by atoms with Crippen LogP contribution in [0.2, 0.25) is 0 Å². The van der Waals surface area contributed by atoms with Crippen LogP contribution in [-0.4, -0.2) is 0 Å². The van der Waals surface area contributed by atoms with Gasteiger partial charge in [-0.1, -0.05) is 19.4 Å². The summed E-state index contributed by atoms with van der Waals surface area (Å²) in [5, 5.41) is 2.04. The van der Waals surface area contributed by atoms with E-state index >= 15 is 0 Å². The van der Waals surface area contributed by atoms with E-state index in [-0.39, 0.29) is 0 Å². The maximum Gasteiger partial charge on any atom is 0.0525 e. The molecule has 1 aromatic rings. The topological polar surface area (TPSA) is 26.0 Å². The first kappa shape index (κ1) is 9.33. The van der Waals surface area contributed by atoms with Gasteiger partial charge >= 0.3 is 0 Å². The Labute approximate surface area is 77.9 Å². The molecule has 0 aliphatic rings. The minimum atomic E-state index is 0.907. The first-order chi connectivity index (χ1) is 5.75. The maximum atomic E-state index is 5.78. The first-order valence-corrected chi connectivity index (χ1v) is 5.13. The van der Waals surface area contributed by atoms with Crippen molar-refractivity contribution in [1.82, 2.24) is 0 Å². The number of hydrogen-bond donors (Lipinski definition) is 1. The van der Waals surface area contributed by atoms with Gasteiger partial charge in [-0.2, -0.15) is 0 Å². The Hall–Kier alpha value is -0.760. The molecule has 1 heterocycles. The number of anilines is 1. The Kier molecular flexibility index (Phi) is 3.35. The standard InChI is InChI=1S/C10H15NS/c1-3-4-5-8(2)10-9(11)6-7-12-10/h5-7H,3-4,11H2,1-2H3. The molecule has 2 heteroatoms. The van der Waals surface area contributed by atoms with Gasteiger partial charge in [0.25, 0.3) is 0 Å². The van der Waals surface area contributed by atoms with Gasteiger partial charge < -0.3 is 5.73 Å². The molecule has 0 amide bonds. The molecule has 0 spiro atoms. The van der Waals surface area contributed by atoms with Crippen molar-refractivity contribution in [3.63, 3.8) is 0 Å². The Morgan fingerprint density at radius 3 is 2.92 bits per heavy atom. The zero-order valence-corrected chi connectivity index (χ0v) is 8.45. The molecular weight excluding hydrogens is 166 g/mol. The fourth-order valence-electron chi connectivity index (χ4n) is 1.09. The molecular formula is C10H15NS. The average molecular weight is 181 g/mol. The van der Waals surface area contributed by atoms with Crippen LogP contribution in [0.4, 0.5) is 5.69 Å². The summed E-state index contributed by atoms with van der Waals surface area (Å²) >= 11 is 1.71. The SMILES string of the molecule is CCCC=C(C)c1sccc1N. The van der Waals surface area contributed by atoms with E-state index in [4.69, 9.17) is 5.73 Å². The summed E-state index contributed by atoms with van der Waals surface area (Å²) < 4.78 is 0. The van der Waals surface area contributed by atoms with Crippen molar-refractivity contribution in [1.29, 1.82) is 0 Å². The van der Waals surface area contributed by atoms with Gasteiger partial charge in [-0.05, 0) is 30.4 Å². The van der Waals surface area contributed by atoms with Gasteiger partial charge in [0.05, 0.1) is 4.88 Å². The average Bonchev–Trinajstić information content (AvgIpc) is 2.47. The molecule has 0 saturated carbocycles. The van der Waals surface area contributed by atoms with Crippen LogP contribution in [0.1, 0.15) is 31.6 Å². The van der Waals surface area contributed by atoms with Crippen molar-refractivity contribution < 1.29 is 0 Å². The van der Waals surface area contributed by atoms with Gasteiger partial charge in [-0.3, -0.25) is 0 Å². The van der Waals surface area contributed by atoms with Gasteiger partial charge in [0.1, 0.15) is 0 Å². The summed E-state index contributed by atoms with van der Waals surface area (Å²) in [5.74, 6) is 0. The number of rotatable bonds is 3. The third-order valence-electron chi connectivity index (χ3n) is 1.79. The smallest absolute Gasteiger partial charge is 0.0525 e. The quantitative estimate of drug-likeness (QED) is 0.758. The monoisotopic (exact) mass is 181 g/mol. The van der Waals surface area contributed by atoms with Crippen molar-refractivity contribution in [2.45, 2.75) is 26.7 Å². The molecule has 0 radical (unpaired) electrons. The number of nitrogen functional groups attached to an aromatic ring is 1. The van der Waals surface area contributed by atoms with Crippen molar-refractivity contribution in [2.24, 2.45) is 0 Å². The van der Waals surface area contributed by atoms with E-state index in [1.807, 2.05) is 11.4 Å². The number of unbranched alkanes of at least 4 members (excludes halogenated alkanes) is 1. The molecule has 0 atom stereocenters. The molecule has 2 N–H and O–H groups in total. The van der Waals surface area contributed by atoms with Crippen molar-refractivity contribution in [3.05, 3.63) is 22.4 Å². The van der Waals surface area contributed by atoms with E-state index < -0.39 is 0 Å². The van der Waals surface area contributed by atoms with Crippen LogP contribution in [0.3, 0.4) is 0 Å². The number of hydrogen-bond acceptors (Lipinski definition) is 2. The Balaban J connectivity index is 2.77. The molecule has 0 unspecified atom stereocenters. The number of nitrogens with two attached hydrogens (primary N) is 1. The van der Waals surface area contributed by atoms with Crippen LogP contribution in [0.15, 0.2) is 17.5 Å². The van der Waals surface area contributed by atoms with Gasteiger partial charge in [0, 0.05) is 5.69 Å². The Bertz CT molecular complexity index is 273. The van der Waals surface area contributed by atoms with Crippen LogP contribution in [0.25, 0.3) is 5.57 Å². The first-order valence-electron chi connectivity index (χ1n) is 4.25. The lowest BCUT2D eigenvalue weighted by molar-refractivity contribution is 0.959. The summed E-state index contributed by atoms with van der Waals surface area (Å²) in [6, 6.07) is 1.96. The third-order valence-corrected chi connectivity index (χ3v) is 2.86. The van der Waals surface area contributed by atoms with Crippen LogP contribution < -0.4 is 5.73 Å². The molecule has 0 aliphatic heterocycles. The molecule has 1 rings (SSSR count). The van der Waals surface area contributed by atoms with Crippen molar-refractivity contribution in [2.75, 3.05) is 5.73 Å². The highest BCUT2D eigenvalue weighted by atomic mass is 32.1. The van der Waals surface area contributed by atoms with E-state index in [0.717, 1.165) is 12.1 Å². The summed E-state index contributed by atoms with van der Waals surface area (Å²) in [6.45, 7) is 4.30. The second-order valence-corrected chi connectivity index (χ2v) is 3.80. The highest BCUT2D eigenvalue weighted by Crippen LogP contribution is 2.27. The zero-order valence-electron chi connectivity index (χ0n) is 7.63. The Morgan fingerprint density at radius 1 is 1.67 bits per heavy atom. The van der Waals surface area contributed by atoms with Crippen LogP contribution in [-0.2, 0) is 0 Å². The van der Waals surface area contributed by atoms with E-state index in [1.165, 1.54) is 16.9 Å². The normalized spacial score (nSPS) is 12.0. The lowest BCUT2D eigenvalue weighted by Crippen LogP contribution is -1.85. The second-order valence-electron chi connectivity index (χ2n) is 2.88. The summed E-state index contributed by atoms with van der Waals surface area (Å²) in [7, 11) is 0. The minimum Gasteiger partial charge on any atom is -0.398 e. The van der Waals surface area contributed by atoms with Gasteiger partial charge in [-0.15, -0.1) is 11.3 Å². The molecule has 12 heavy (non-hydrogen) atoms. The molecule has 0 aliphatic carbocycles. The molecule has 1 aromatic heterocycles. The predicted molar refractivity (Wildman–Crippen MR) is 57.3 cm³/mol. The van der Waals surface area contributed by atoms with Gasteiger partial charge in [0.15, 0.2) is 0 Å². The van der Waals surface area contributed by atoms with Crippen molar-refractivity contribution >= 4 is 22.6 Å². The van der Waals surface area contributed by atoms with Crippen LogP contribution in [0.5, 0.6) is 0 Å². The minimum absolute atomic E-state index is 0.907. The Morgan fingerprint density at radius 2 is 2.42 bits per heavy atom. The van der Waals surface area contributed by atoms with Crippen molar-refractivity contribution in [3.8, 4) is 0 Å². The summed E-state index contributed by atoms with van der Waals surface area (Å²) in [6.07, 6.45) is 4.59. The largest absolute Gasteiger partial charge is 0.398 e. The molecule has 0 fully saturated rings. The van der Waals surface area contributed by atoms with E-state index in [0.29, 0.717) is 0 Å². The summed E-state index contributed by atoms with van der Waals surface area (Å²) in [4.78, 5) is 1.23. The molecule has 66 valence electrons. The molecule has 0 saturated heterocycles. The lowest BCUT2D eigenvalue weighted by atomic mass is 10.2. The summed E-state index contributed by atoms with van der Waals surface area (Å²) in [5.41, 5.74) is 8.00. The molecule has 0 aromatic carbocycles. The fourth-order valence-corrected chi connectivity index (χ4v) is 1.92. The lowest BCUT2D eigenvalue weighted by Gasteiger charge is -1.98. The number of allylic oxidation sites excluding steroid dienone is 2. The fraction of sp³-hybridized carbons (Fsp3) is 0.400. The van der Waals surface area contributed by atoms with E-state index in [9.17, 15) is 0 Å². The van der Waals surface area contributed by atoms with E-state index in [1.54, 1.807) is 11.3 Å². The van der Waals surface area contributed by atoms with Gasteiger partial charge in [0.2, 0.25) is 0 Å². The van der Waals surface area contributed by atoms with Crippen LogP contribution in [0, 0.1) is 0 Å². The molecule has 0 bridgehead atoms.